The molecule has 0 radical (unpaired) electrons. The third-order valence-corrected chi connectivity index (χ3v) is 7.31. The molecule has 0 spiro atoms. The summed E-state index contributed by atoms with van der Waals surface area (Å²) < 4.78 is 27.3. The fourth-order valence-electron chi connectivity index (χ4n) is 3.69. The first kappa shape index (κ1) is 20.3. The van der Waals surface area contributed by atoms with E-state index in [1.807, 2.05) is 31.2 Å². The van der Waals surface area contributed by atoms with Crippen molar-refractivity contribution in [1.29, 1.82) is 0 Å². The molecular weight excluding hydrogens is 402 g/mol. The summed E-state index contributed by atoms with van der Waals surface area (Å²) in [5.74, 6) is -0.324. The number of nitrogens with one attached hydrogen (secondary N) is 1. The number of aromatic amines is 1. The Hall–Kier alpha value is -2.97. The summed E-state index contributed by atoms with van der Waals surface area (Å²) in [6, 6.07) is 13.8. The van der Waals surface area contributed by atoms with E-state index in [1.165, 1.54) is 23.4 Å². The van der Waals surface area contributed by atoms with Crippen LogP contribution in [0.15, 0.2) is 53.4 Å². The number of amides is 1. The van der Waals surface area contributed by atoms with Crippen LogP contribution in [0.1, 0.15) is 33.3 Å². The lowest BCUT2D eigenvalue weighted by Gasteiger charge is -2.33. The highest BCUT2D eigenvalue weighted by atomic mass is 32.2. The van der Waals surface area contributed by atoms with Crippen LogP contribution in [0.3, 0.4) is 0 Å². The van der Waals surface area contributed by atoms with Crippen molar-refractivity contribution < 1.29 is 18.0 Å². The second kappa shape index (κ2) is 7.70. The molecule has 0 unspecified atom stereocenters. The first-order chi connectivity index (χ1) is 14.3. The van der Waals surface area contributed by atoms with Crippen molar-refractivity contribution in [1.82, 2.24) is 14.2 Å². The molecule has 1 fully saturated rings. The van der Waals surface area contributed by atoms with Gasteiger partial charge in [-0.2, -0.15) is 4.31 Å². The number of piperazine rings is 1. The third kappa shape index (κ3) is 3.76. The number of carbonyl (C=O) groups is 2. The van der Waals surface area contributed by atoms with Crippen molar-refractivity contribution in [3.05, 3.63) is 65.4 Å². The number of ketones is 1. The number of hydrogen-bond acceptors (Lipinski definition) is 4. The molecule has 3 aromatic rings. The molecule has 8 heteroatoms. The zero-order valence-electron chi connectivity index (χ0n) is 16.9. The van der Waals surface area contributed by atoms with Crippen LogP contribution < -0.4 is 0 Å². The summed E-state index contributed by atoms with van der Waals surface area (Å²) in [6.45, 7) is 4.42. The average Bonchev–Trinajstić information content (AvgIpc) is 3.16. The maximum Gasteiger partial charge on any atom is 0.270 e. The van der Waals surface area contributed by atoms with Crippen LogP contribution in [0.25, 0.3) is 10.9 Å². The highest BCUT2D eigenvalue weighted by Crippen LogP contribution is 2.21. The minimum Gasteiger partial charge on any atom is -0.351 e. The first-order valence-electron chi connectivity index (χ1n) is 9.75. The second-order valence-electron chi connectivity index (χ2n) is 7.55. The van der Waals surface area contributed by atoms with Crippen molar-refractivity contribution in [2.24, 2.45) is 0 Å². The van der Waals surface area contributed by atoms with Crippen molar-refractivity contribution in [3.8, 4) is 0 Å². The molecule has 30 heavy (non-hydrogen) atoms. The quantitative estimate of drug-likeness (QED) is 0.651. The SMILES string of the molecule is CC(=O)c1cccc(S(=O)(=O)N2CCN(C(=O)c3cc4cc(C)ccc4[nH]3)CC2)c1. The van der Waals surface area contributed by atoms with Crippen LogP contribution in [0, 0.1) is 6.92 Å². The van der Waals surface area contributed by atoms with E-state index < -0.39 is 10.0 Å². The van der Waals surface area contributed by atoms with E-state index in [0.717, 1.165) is 16.5 Å². The lowest BCUT2D eigenvalue weighted by Crippen LogP contribution is -2.50. The summed E-state index contributed by atoms with van der Waals surface area (Å²) in [4.78, 5) is 29.4. The molecule has 7 nitrogen and oxygen atoms in total. The highest BCUT2D eigenvalue weighted by molar-refractivity contribution is 7.89. The number of aryl methyl sites for hydroxylation is 1. The minimum atomic E-state index is -3.72. The van der Waals surface area contributed by atoms with Crippen LogP contribution in [0.2, 0.25) is 0 Å². The summed E-state index contributed by atoms with van der Waals surface area (Å²) in [7, 11) is -3.72. The molecule has 1 N–H and O–H groups in total. The third-order valence-electron chi connectivity index (χ3n) is 5.41. The highest BCUT2D eigenvalue weighted by Gasteiger charge is 2.31. The summed E-state index contributed by atoms with van der Waals surface area (Å²) in [6.07, 6.45) is 0. The molecule has 156 valence electrons. The minimum absolute atomic E-state index is 0.0981. The average molecular weight is 426 g/mol. The number of Topliss-reactive ketones (excluding diaryl/α,β-unsaturated/α-hetero) is 1. The van der Waals surface area contributed by atoms with Crippen LogP contribution in [0.4, 0.5) is 0 Å². The van der Waals surface area contributed by atoms with Gasteiger partial charge in [-0.05, 0) is 44.2 Å². The normalized spacial score (nSPS) is 15.5. The fourth-order valence-corrected chi connectivity index (χ4v) is 5.16. The van der Waals surface area contributed by atoms with Gasteiger partial charge < -0.3 is 9.88 Å². The maximum atomic E-state index is 13.0. The van der Waals surface area contributed by atoms with Gasteiger partial charge in [0.1, 0.15) is 5.69 Å². The van der Waals surface area contributed by atoms with Crippen LogP contribution >= 0.6 is 0 Å². The Morgan fingerprint density at radius 3 is 2.40 bits per heavy atom. The van der Waals surface area contributed by atoms with E-state index in [4.69, 9.17) is 0 Å². The molecular formula is C22H23N3O4S. The van der Waals surface area contributed by atoms with E-state index in [2.05, 4.69) is 4.98 Å². The predicted molar refractivity (Wildman–Crippen MR) is 114 cm³/mol. The smallest absolute Gasteiger partial charge is 0.270 e. The monoisotopic (exact) mass is 425 g/mol. The van der Waals surface area contributed by atoms with Crippen LogP contribution in [0.5, 0.6) is 0 Å². The summed E-state index contributed by atoms with van der Waals surface area (Å²) in [5.41, 5.74) is 2.88. The van der Waals surface area contributed by atoms with Gasteiger partial charge in [0.25, 0.3) is 5.91 Å². The summed E-state index contributed by atoms with van der Waals surface area (Å²) in [5, 5.41) is 0.977. The molecule has 4 rings (SSSR count). The Bertz CT molecular complexity index is 1240. The second-order valence-corrected chi connectivity index (χ2v) is 9.49. The largest absolute Gasteiger partial charge is 0.351 e. The Morgan fingerprint density at radius 1 is 0.967 bits per heavy atom. The number of H-pyrrole nitrogens is 1. The lowest BCUT2D eigenvalue weighted by molar-refractivity contribution is 0.0692. The molecule has 0 saturated carbocycles. The fraction of sp³-hybridized carbons (Fsp3) is 0.273. The van der Waals surface area contributed by atoms with E-state index in [0.29, 0.717) is 24.3 Å². The number of benzene rings is 2. The first-order valence-corrected chi connectivity index (χ1v) is 11.2. The van der Waals surface area contributed by atoms with Crippen molar-refractivity contribution in [3.63, 3.8) is 0 Å². The van der Waals surface area contributed by atoms with Gasteiger partial charge in [0.2, 0.25) is 10.0 Å². The predicted octanol–water partition coefficient (Wildman–Crippen LogP) is 2.83. The van der Waals surface area contributed by atoms with Crippen molar-refractivity contribution >= 4 is 32.6 Å². The Morgan fingerprint density at radius 2 is 1.70 bits per heavy atom. The van der Waals surface area contributed by atoms with Gasteiger partial charge in [0, 0.05) is 42.6 Å². The zero-order chi connectivity index (χ0) is 21.5. The molecule has 1 aromatic heterocycles. The van der Waals surface area contributed by atoms with Gasteiger partial charge in [0.05, 0.1) is 4.90 Å². The number of aromatic nitrogens is 1. The van der Waals surface area contributed by atoms with E-state index in [1.54, 1.807) is 17.0 Å². The van der Waals surface area contributed by atoms with Gasteiger partial charge in [-0.3, -0.25) is 9.59 Å². The van der Waals surface area contributed by atoms with Crippen molar-refractivity contribution in [2.45, 2.75) is 18.7 Å². The molecule has 0 aliphatic carbocycles. The van der Waals surface area contributed by atoms with Crippen LogP contribution in [-0.4, -0.2) is 60.5 Å². The van der Waals surface area contributed by atoms with Crippen molar-refractivity contribution in [2.75, 3.05) is 26.2 Å². The number of sulfonamides is 1. The van der Waals surface area contributed by atoms with Gasteiger partial charge in [-0.1, -0.05) is 23.8 Å². The van der Waals surface area contributed by atoms with Gasteiger partial charge in [-0.15, -0.1) is 0 Å². The Balaban J connectivity index is 1.48. The number of carbonyl (C=O) groups excluding carboxylic acids is 2. The molecule has 1 saturated heterocycles. The van der Waals surface area contributed by atoms with Gasteiger partial charge in [0.15, 0.2) is 5.78 Å². The molecule has 0 atom stereocenters. The van der Waals surface area contributed by atoms with Gasteiger partial charge in [-0.25, -0.2) is 8.42 Å². The van der Waals surface area contributed by atoms with E-state index >= 15 is 0 Å². The number of rotatable bonds is 4. The molecule has 1 amide bonds. The Kier molecular flexibility index (Phi) is 5.21. The van der Waals surface area contributed by atoms with Gasteiger partial charge >= 0.3 is 0 Å². The maximum absolute atomic E-state index is 13.0. The van der Waals surface area contributed by atoms with E-state index in [9.17, 15) is 18.0 Å². The molecule has 2 heterocycles. The molecule has 1 aliphatic heterocycles. The Labute approximate surface area is 175 Å². The number of nitrogens with zero attached hydrogens (tertiary/aromatic N) is 2. The standard InChI is InChI=1S/C22H23N3O4S/c1-15-6-7-20-18(12-15)14-21(23-20)22(27)24-8-10-25(11-9-24)30(28,29)19-5-3-4-17(13-19)16(2)26/h3-7,12-14,23H,8-11H2,1-2H3. The van der Waals surface area contributed by atoms with E-state index in [-0.39, 0.29) is 29.7 Å². The number of fused-ring (bicyclic) bond motifs is 1. The topological polar surface area (TPSA) is 90.6 Å². The van der Waals surface area contributed by atoms with Crippen LogP contribution in [-0.2, 0) is 10.0 Å². The lowest BCUT2D eigenvalue weighted by atomic mass is 10.2. The summed E-state index contributed by atoms with van der Waals surface area (Å²) >= 11 is 0. The number of hydrogen-bond donors (Lipinski definition) is 1. The molecule has 2 aromatic carbocycles. The molecule has 1 aliphatic rings. The zero-order valence-corrected chi connectivity index (χ0v) is 17.7. The molecule has 0 bridgehead atoms.